The first-order valence-corrected chi connectivity index (χ1v) is 11.9. The summed E-state index contributed by atoms with van der Waals surface area (Å²) in [6.45, 7) is 6.39. The van der Waals surface area contributed by atoms with Crippen LogP contribution >= 0.6 is 0 Å². The zero-order valence-corrected chi connectivity index (χ0v) is 16.9. The molecule has 25 heavy (non-hydrogen) atoms. The molecule has 0 amide bonds. The summed E-state index contributed by atoms with van der Waals surface area (Å²) in [5, 5.41) is 0. The molecule has 0 nitrogen and oxygen atoms in total. The molecule has 4 rings (SSSR count). The fourth-order valence-corrected chi connectivity index (χ4v) is 7.84. The van der Waals surface area contributed by atoms with Crippen molar-refractivity contribution in [2.45, 2.75) is 103 Å². The molecule has 7 unspecified atom stereocenters. The summed E-state index contributed by atoms with van der Waals surface area (Å²) < 4.78 is 0. The molecular weight excluding hydrogens is 300 g/mol. The van der Waals surface area contributed by atoms with Gasteiger partial charge in [0.1, 0.15) is 0 Å². The van der Waals surface area contributed by atoms with Gasteiger partial charge in [-0.1, -0.05) is 37.7 Å². The minimum atomic E-state index is 1.04. The first-order chi connectivity index (χ1) is 12.2. The molecule has 0 spiro atoms. The molecular formula is C25H42. The number of rotatable bonds is 6. The molecule has 0 aromatic carbocycles. The van der Waals surface area contributed by atoms with E-state index < -0.39 is 0 Å². The van der Waals surface area contributed by atoms with Gasteiger partial charge in [0.2, 0.25) is 0 Å². The van der Waals surface area contributed by atoms with Gasteiger partial charge in [-0.25, -0.2) is 0 Å². The first kappa shape index (κ1) is 18.1. The van der Waals surface area contributed by atoms with Crippen LogP contribution in [0.5, 0.6) is 0 Å². The maximum absolute atomic E-state index is 4.17. The van der Waals surface area contributed by atoms with E-state index in [1.54, 1.807) is 57.8 Å². The first-order valence-electron chi connectivity index (χ1n) is 11.9. The molecule has 142 valence electrons. The van der Waals surface area contributed by atoms with Crippen LogP contribution in [0.4, 0.5) is 0 Å². The lowest BCUT2D eigenvalue weighted by Gasteiger charge is -2.33. The minimum Gasteiger partial charge on any atom is -0.100 e. The van der Waals surface area contributed by atoms with Gasteiger partial charge < -0.3 is 0 Å². The van der Waals surface area contributed by atoms with Crippen LogP contribution in [0.1, 0.15) is 103 Å². The SMILES string of the molecule is C=C(C)CCC1CC(CCC2CCC3CCCCC32)C2CCCCC12. The van der Waals surface area contributed by atoms with Crippen molar-refractivity contribution >= 4 is 0 Å². The molecule has 0 heteroatoms. The van der Waals surface area contributed by atoms with E-state index in [9.17, 15) is 0 Å². The van der Waals surface area contributed by atoms with Gasteiger partial charge in [0.15, 0.2) is 0 Å². The number of fused-ring (bicyclic) bond motifs is 2. The Hall–Kier alpha value is -0.260. The van der Waals surface area contributed by atoms with E-state index in [0.717, 1.165) is 41.4 Å². The summed E-state index contributed by atoms with van der Waals surface area (Å²) in [4.78, 5) is 0. The van der Waals surface area contributed by atoms with Gasteiger partial charge in [0.25, 0.3) is 0 Å². The third-order valence-electron chi connectivity index (χ3n) is 9.02. The Bertz CT molecular complexity index is 449. The van der Waals surface area contributed by atoms with Crippen LogP contribution in [0.15, 0.2) is 12.2 Å². The lowest BCUT2D eigenvalue weighted by Crippen LogP contribution is -2.23. The Kier molecular flexibility index (Phi) is 5.93. The molecule has 4 aliphatic carbocycles. The standard InChI is InChI=1S/C25H42/c1-18(2)11-12-21-17-22(25-10-6-5-9-24(21)25)16-15-20-14-13-19-7-3-4-8-23(19)20/h19-25H,1,3-17H2,2H3. The maximum atomic E-state index is 4.17. The average Bonchev–Trinajstić information content (AvgIpc) is 3.20. The van der Waals surface area contributed by atoms with Gasteiger partial charge >= 0.3 is 0 Å². The third-order valence-corrected chi connectivity index (χ3v) is 9.02. The number of allylic oxidation sites excluding steroid dienone is 1. The Labute approximate surface area is 157 Å². The molecule has 0 heterocycles. The van der Waals surface area contributed by atoms with E-state index in [2.05, 4.69) is 13.5 Å². The highest BCUT2D eigenvalue weighted by molar-refractivity contribution is 4.97. The average molecular weight is 343 g/mol. The van der Waals surface area contributed by atoms with Gasteiger partial charge in [-0.3, -0.25) is 0 Å². The Morgan fingerprint density at radius 3 is 2.00 bits per heavy atom. The molecule has 0 aromatic heterocycles. The van der Waals surface area contributed by atoms with Crippen molar-refractivity contribution in [3.05, 3.63) is 12.2 Å². The van der Waals surface area contributed by atoms with E-state index in [-0.39, 0.29) is 0 Å². The molecule has 0 bridgehead atoms. The largest absolute Gasteiger partial charge is 0.100 e. The molecule has 7 atom stereocenters. The third kappa shape index (κ3) is 4.03. The Balaban J connectivity index is 1.32. The Morgan fingerprint density at radius 2 is 1.28 bits per heavy atom. The zero-order valence-electron chi connectivity index (χ0n) is 16.9. The second-order valence-corrected chi connectivity index (χ2v) is 10.5. The highest BCUT2D eigenvalue weighted by Crippen LogP contribution is 2.54. The second kappa shape index (κ2) is 8.18. The summed E-state index contributed by atoms with van der Waals surface area (Å²) in [6, 6.07) is 0. The number of hydrogen-bond donors (Lipinski definition) is 0. The van der Waals surface area contributed by atoms with Crippen molar-refractivity contribution in [2.24, 2.45) is 41.4 Å². The molecule has 0 saturated heterocycles. The quantitative estimate of drug-likeness (QED) is 0.432. The Morgan fingerprint density at radius 1 is 0.680 bits per heavy atom. The highest BCUT2D eigenvalue weighted by atomic mass is 14.5. The predicted molar refractivity (Wildman–Crippen MR) is 108 cm³/mol. The van der Waals surface area contributed by atoms with Gasteiger partial charge in [-0.05, 0) is 113 Å². The smallest absolute Gasteiger partial charge is 0.0323 e. The highest BCUT2D eigenvalue weighted by Gasteiger charge is 2.44. The second-order valence-electron chi connectivity index (χ2n) is 10.5. The van der Waals surface area contributed by atoms with Crippen LogP contribution in [-0.2, 0) is 0 Å². The minimum absolute atomic E-state index is 1.04. The maximum Gasteiger partial charge on any atom is -0.0323 e. The van der Waals surface area contributed by atoms with Crippen molar-refractivity contribution < 1.29 is 0 Å². The summed E-state index contributed by atoms with van der Waals surface area (Å²) in [5.41, 5.74) is 1.41. The summed E-state index contributed by atoms with van der Waals surface area (Å²) in [6.07, 6.45) is 23.0. The van der Waals surface area contributed by atoms with E-state index in [0.29, 0.717) is 0 Å². The normalized spacial score (nSPS) is 43.6. The van der Waals surface area contributed by atoms with Crippen molar-refractivity contribution in [3.63, 3.8) is 0 Å². The fraction of sp³-hybridized carbons (Fsp3) is 0.920. The lowest BCUT2D eigenvalue weighted by atomic mass is 9.73. The predicted octanol–water partition coefficient (Wildman–Crippen LogP) is 7.78. The molecule has 4 saturated carbocycles. The van der Waals surface area contributed by atoms with E-state index in [1.807, 2.05) is 0 Å². The van der Waals surface area contributed by atoms with Crippen LogP contribution in [-0.4, -0.2) is 0 Å². The van der Waals surface area contributed by atoms with Crippen molar-refractivity contribution in [1.82, 2.24) is 0 Å². The molecule has 4 fully saturated rings. The van der Waals surface area contributed by atoms with Crippen molar-refractivity contribution in [1.29, 1.82) is 0 Å². The van der Waals surface area contributed by atoms with E-state index in [4.69, 9.17) is 0 Å². The summed E-state index contributed by atoms with van der Waals surface area (Å²) in [5.74, 6) is 7.70. The summed E-state index contributed by atoms with van der Waals surface area (Å²) >= 11 is 0. The van der Waals surface area contributed by atoms with Crippen LogP contribution in [0.3, 0.4) is 0 Å². The van der Waals surface area contributed by atoms with Crippen LogP contribution in [0.2, 0.25) is 0 Å². The monoisotopic (exact) mass is 342 g/mol. The molecule has 0 N–H and O–H groups in total. The van der Waals surface area contributed by atoms with Crippen LogP contribution in [0, 0.1) is 41.4 Å². The van der Waals surface area contributed by atoms with Crippen LogP contribution in [0.25, 0.3) is 0 Å². The van der Waals surface area contributed by atoms with Crippen LogP contribution < -0.4 is 0 Å². The van der Waals surface area contributed by atoms with E-state index in [1.165, 1.54) is 44.1 Å². The fourth-order valence-electron chi connectivity index (χ4n) is 7.84. The van der Waals surface area contributed by atoms with Crippen molar-refractivity contribution in [3.8, 4) is 0 Å². The number of hydrogen-bond acceptors (Lipinski definition) is 0. The molecule has 0 radical (unpaired) electrons. The molecule has 4 aliphatic rings. The summed E-state index contributed by atoms with van der Waals surface area (Å²) in [7, 11) is 0. The van der Waals surface area contributed by atoms with Gasteiger partial charge in [-0.15, -0.1) is 6.58 Å². The van der Waals surface area contributed by atoms with E-state index >= 15 is 0 Å². The van der Waals surface area contributed by atoms with Gasteiger partial charge in [0, 0.05) is 0 Å². The molecule has 0 aliphatic heterocycles. The lowest BCUT2D eigenvalue weighted by molar-refractivity contribution is 0.177. The van der Waals surface area contributed by atoms with Gasteiger partial charge in [0.05, 0.1) is 0 Å². The topological polar surface area (TPSA) is 0 Å². The molecule has 0 aromatic rings. The van der Waals surface area contributed by atoms with Gasteiger partial charge in [-0.2, -0.15) is 0 Å². The van der Waals surface area contributed by atoms with Crippen molar-refractivity contribution in [2.75, 3.05) is 0 Å². The zero-order chi connectivity index (χ0) is 17.2.